The van der Waals surface area contributed by atoms with Crippen LogP contribution in [0.1, 0.15) is 30.2 Å². The van der Waals surface area contributed by atoms with Crippen LogP contribution in [-0.2, 0) is 6.42 Å². The van der Waals surface area contributed by atoms with E-state index in [0.717, 1.165) is 31.8 Å². The summed E-state index contributed by atoms with van der Waals surface area (Å²) < 4.78 is 5.48. The molecule has 0 unspecified atom stereocenters. The number of hydrogen-bond acceptors (Lipinski definition) is 3. The van der Waals surface area contributed by atoms with Gasteiger partial charge in [0.1, 0.15) is 5.76 Å². The number of furan rings is 1. The Morgan fingerprint density at radius 3 is 3.06 bits per heavy atom. The third kappa shape index (κ3) is 2.11. The van der Waals surface area contributed by atoms with Crippen LogP contribution >= 0.6 is 0 Å². The number of carbonyl (C=O) groups is 1. The summed E-state index contributed by atoms with van der Waals surface area (Å²) in [5, 5.41) is 3.26. The lowest BCUT2D eigenvalue weighted by atomic mass is 10.2. The molecule has 1 aromatic heterocycles. The smallest absolute Gasteiger partial charge is 0.289 e. The van der Waals surface area contributed by atoms with Crippen molar-refractivity contribution in [2.45, 2.75) is 26.3 Å². The van der Waals surface area contributed by atoms with Gasteiger partial charge >= 0.3 is 0 Å². The third-order valence-electron chi connectivity index (χ3n) is 2.98. The van der Waals surface area contributed by atoms with Gasteiger partial charge in [0.15, 0.2) is 5.76 Å². The van der Waals surface area contributed by atoms with Crippen LogP contribution in [0.15, 0.2) is 16.5 Å². The van der Waals surface area contributed by atoms with E-state index in [2.05, 4.69) is 5.32 Å². The molecule has 4 nitrogen and oxygen atoms in total. The lowest BCUT2D eigenvalue weighted by molar-refractivity contribution is 0.0621. The van der Waals surface area contributed by atoms with Gasteiger partial charge in [0.05, 0.1) is 0 Å². The SMILES string of the molecule is CCc1ccc(C(=O)N2CCNC[C@@H]2C)o1. The molecule has 0 bridgehead atoms. The van der Waals surface area contributed by atoms with Crippen molar-refractivity contribution in [2.75, 3.05) is 19.6 Å². The quantitative estimate of drug-likeness (QED) is 0.819. The van der Waals surface area contributed by atoms with Gasteiger partial charge in [0.2, 0.25) is 0 Å². The van der Waals surface area contributed by atoms with Gasteiger partial charge in [-0.2, -0.15) is 0 Å². The zero-order valence-electron chi connectivity index (χ0n) is 9.82. The summed E-state index contributed by atoms with van der Waals surface area (Å²) in [6.07, 6.45) is 0.824. The molecular weight excluding hydrogens is 204 g/mol. The number of aryl methyl sites for hydroxylation is 1. The normalized spacial score (nSPS) is 21.1. The average molecular weight is 222 g/mol. The molecule has 1 aliphatic heterocycles. The Morgan fingerprint density at radius 1 is 1.62 bits per heavy atom. The number of nitrogens with zero attached hydrogens (tertiary/aromatic N) is 1. The predicted molar refractivity (Wildman–Crippen MR) is 61.5 cm³/mol. The summed E-state index contributed by atoms with van der Waals surface area (Å²) in [5.74, 6) is 1.34. The summed E-state index contributed by atoms with van der Waals surface area (Å²) >= 11 is 0. The Bertz CT molecular complexity index is 373. The minimum Gasteiger partial charge on any atom is -0.456 e. The number of hydrogen-bond donors (Lipinski definition) is 1. The number of piperazine rings is 1. The van der Waals surface area contributed by atoms with Crippen LogP contribution in [0.5, 0.6) is 0 Å². The van der Waals surface area contributed by atoms with E-state index in [9.17, 15) is 4.79 Å². The van der Waals surface area contributed by atoms with Crippen LogP contribution < -0.4 is 5.32 Å². The molecule has 1 saturated heterocycles. The molecule has 1 N–H and O–H groups in total. The van der Waals surface area contributed by atoms with Crippen LogP contribution in [0.4, 0.5) is 0 Å². The van der Waals surface area contributed by atoms with E-state index in [-0.39, 0.29) is 11.9 Å². The summed E-state index contributed by atoms with van der Waals surface area (Å²) in [6, 6.07) is 3.88. The molecule has 1 atom stereocenters. The Balaban J connectivity index is 2.11. The predicted octanol–water partition coefficient (Wildman–Crippen LogP) is 1.28. The number of amides is 1. The minimum absolute atomic E-state index is 0.00806. The first-order valence-electron chi connectivity index (χ1n) is 5.82. The van der Waals surface area contributed by atoms with E-state index in [0.29, 0.717) is 5.76 Å². The zero-order valence-corrected chi connectivity index (χ0v) is 9.82. The summed E-state index contributed by atoms with van der Waals surface area (Å²) in [4.78, 5) is 14.0. The van der Waals surface area contributed by atoms with Crippen molar-refractivity contribution in [2.24, 2.45) is 0 Å². The Hall–Kier alpha value is -1.29. The number of carbonyl (C=O) groups excluding carboxylic acids is 1. The van der Waals surface area contributed by atoms with Crippen LogP contribution in [0.25, 0.3) is 0 Å². The molecule has 0 saturated carbocycles. The Labute approximate surface area is 95.6 Å². The molecule has 0 aromatic carbocycles. The third-order valence-corrected chi connectivity index (χ3v) is 2.98. The maximum atomic E-state index is 12.1. The topological polar surface area (TPSA) is 45.5 Å². The fourth-order valence-corrected chi connectivity index (χ4v) is 1.97. The van der Waals surface area contributed by atoms with Gasteiger partial charge in [0, 0.05) is 32.1 Å². The molecule has 2 heterocycles. The van der Waals surface area contributed by atoms with Gasteiger partial charge in [-0.3, -0.25) is 4.79 Å². The lowest BCUT2D eigenvalue weighted by Crippen LogP contribution is -2.52. The standard InChI is InChI=1S/C12H18N2O2/c1-3-10-4-5-11(16-10)12(15)14-7-6-13-8-9(14)2/h4-5,9,13H,3,6-8H2,1-2H3/t9-/m0/s1. The number of rotatable bonds is 2. The van der Waals surface area contributed by atoms with Crippen molar-refractivity contribution in [3.8, 4) is 0 Å². The van der Waals surface area contributed by atoms with Crippen LogP contribution in [0.3, 0.4) is 0 Å². The highest BCUT2D eigenvalue weighted by molar-refractivity contribution is 5.91. The van der Waals surface area contributed by atoms with E-state index < -0.39 is 0 Å². The van der Waals surface area contributed by atoms with E-state index in [1.165, 1.54) is 0 Å². The van der Waals surface area contributed by atoms with Gasteiger partial charge in [-0.05, 0) is 19.1 Å². The fourth-order valence-electron chi connectivity index (χ4n) is 1.97. The summed E-state index contributed by atoms with van der Waals surface area (Å²) in [5.41, 5.74) is 0. The lowest BCUT2D eigenvalue weighted by Gasteiger charge is -2.33. The molecule has 0 spiro atoms. The van der Waals surface area contributed by atoms with Gasteiger partial charge < -0.3 is 14.6 Å². The molecule has 2 rings (SSSR count). The highest BCUT2D eigenvalue weighted by Gasteiger charge is 2.25. The molecule has 1 fully saturated rings. The Morgan fingerprint density at radius 2 is 2.44 bits per heavy atom. The van der Waals surface area contributed by atoms with Crippen LogP contribution in [-0.4, -0.2) is 36.5 Å². The maximum absolute atomic E-state index is 12.1. The Kier molecular flexibility index (Phi) is 3.29. The monoisotopic (exact) mass is 222 g/mol. The summed E-state index contributed by atoms with van der Waals surface area (Å²) in [7, 11) is 0. The van der Waals surface area contributed by atoms with Crippen molar-refractivity contribution in [1.29, 1.82) is 0 Å². The van der Waals surface area contributed by atoms with Crippen molar-refractivity contribution < 1.29 is 9.21 Å². The van der Waals surface area contributed by atoms with Crippen LogP contribution in [0.2, 0.25) is 0 Å². The molecule has 1 aliphatic rings. The van der Waals surface area contributed by atoms with Crippen molar-refractivity contribution in [1.82, 2.24) is 10.2 Å². The van der Waals surface area contributed by atoms with Gasteiger partial charge in [-0.1, -0.05) is 6.92 Å². The molecule has 4 heteroatoms. The molecule has 16 heavy (non-hydrogen) atoms. The highest BCUT2D eigenvalue weighted by atomic mass is 16.4. The van der Waals surface area contributed by atoms with E-state index in [4.69, 9.17) is 4.42 Å². The highest BCUT2D eigenvalue weighted by Crippen LogP contribution is 2.14. The first kappa shape index (κ1) is 11.2. The largest absolute Gasteiger partial charge is 0.456 e. The second-order valence-electron chi connectivity index (χ2n) is 4.17. The van der Waals surface area contributed by atoms with Gasteiger partial charge in [-0.15, -0.1) is 0 Å². The summed E-state index contributed by atoms with van der Waals surface area (Å²) in [6.45, 7) is 6.53. The van der Waals surface area contributed by atoms with Gasteiger partial charge in [0.25, 0.3) is 5.91 Å². The second kappa shape index (κ2) is 4.70. The fraction of sp³-hybridized carbons (Fsp3) is 0.583. The molecule has 1 amide bonds. The first-order valence-corrected chi connectivity index (χ1v) is 5.82. The van der Waals surface area contributed by atoms with Crippen molar-refractivity contribution in [3.63, 3.8) is 0 Å². The molecule has 88 valence electrons. The minimum atomic E-state index is 0.00806. The van der Waals surface area contributed by atoms with E-state index in [1.54, 1.807) is 6.07 Å². The van der Waals surface area contributed by atoms with Crippen molar-refractivity contribution in [3.05, 3.63) is 23.7 Å². The average Bonchev–Trinajstić information content (AvgIpc) is 2.77. The van der Waals surface area contributed by atoms with E-state index in [1.807, 2.05) is 24.8 Å². The van der Waals surface area contributed by atoms with Crippen molar-refractivity contribution >= 4 is 5.91 Å². The molecule has 0 radical (unpaired) electrons. The first-order chi connectivity index (χ1) is 7.72. The van der Waals surface area contributed by atoms with Gasteiger partial charge in [-0.25, -0.2) is 0 Å². The maximum Gasteiger partial charge on any atom is 0.289 e. The second-order valence-corrected chi connectivity index (χ2v) is 4.17. The van der Waals surface area contributed by atoms with Crippen LogP contribution in [0, 0.1) is 0 Å². The zero-order chi connectivity index (χ0) is 11.5. The molecule has 0 aliphatic carbocycles. The molecule has 1 aromatic rings. The molecular formula is C12H18N2O2. The van der Waals surface area contributed by atoms with E-state index >= 15 is 0 Å². The number of nitrogens with one attached hydrogen (secondary N) is 1.